The average Bonchev–Trinajstić information content (AvgIpc) is 3.40. The van der Waals surface area contributed by atoms with Crippen LogP contribution in [0.2, 0.25) is 5.02 Å². The van der Waals surface area contributed by atoms with Crippen LogP contribution in [-0.2, 0) is 26.8 Å². The Morgan fingerprint density at radius 2 is 1.75 bits per heavy atom. The molecule has 5 rings (SSSR count). The molecule has 0 saturated heterocycles. The van der Waals surface area contributed by atoms with Crippen molar-refractivity contribution in [3.05, 3.63) is 82.6 Å². The Hall–Kier alpha value is -3.00. The fraction of sp³-hybridized carbons (Fsp3) is 0.222. The molecule has 9 nitrogen and oxygen atoms in total. The Bertz CT molecular complexity index is 1800. The minimum atomic E-state index is -4.39. The second-order valence-electron chi connectivity index (χ2n) is 9.24. The zero-order chi connectivity index (χ0) is 28.5. The van der Waals surface area contributed by atoms with Crippen LogP contribution < -0.4 is 14.2 Å². The zero-order valence-corrected chi connectivity index (χ0v) is 24.3. The number of hydrogen-bond acceptors (Lipinski definition) is 8. The second kappa shape index (κ2) is 11.5. The molecule has 0 radical (unpaired) electrons. The van der Waals surface area contributed by atoms with Gasteiger partial charge in [0.25, 0.3) is 15.1 Å². The van der Waals surface area contributed by atoms with Gasteiger partial charge >= 0.3 is 0 Å². The number of anilines is 1. The number of benzene rings is 3. The molecule has 13 heteroatoms. The first-order valence-electron chi connectivity index (χ1n) is 12.3. The topological polar surface area (TPSA) is 128 Å². The molecule has 0 fully saturated rings. The summed E-state index contributed by atoms with van der Waals surface area (Å²) in [6.45, 7) is 0.511. The number of aryl methyl sites for hydroxylation is 1. The molecule has 210 valence electrons. The van der Waals surface area contributed by atoms with E-state index >= 15 is 0 Å². The van der Waals surface area contributed by atoms with Gasteiger partial charge in [-0.3, -0.25) is 4.55 Å². The zero-order valence-electron chi connectivity index (χ0n) is 21.1. The Morgan fingerprint density at radius 3 is 2.48 bits per heavy atom. The smallest absolute Gasteiger partial charge is 0.268 e. The first-order valence-corrected chi connectivity index (χ1v) is 16.7. The molecule has 4 aromatic rings. The average molecular weight is 621 g/mol. The molecule has 3 aromatic carbocycles. The molecular formula is C27H25ClN2O7S3. The molecule has 0 unspecified atom stereocenters. The van der Waals surface area contributed by atoms with Crippen LogP contribution in [0, 0.1) is 0 Å². The maximum absolute atomic E-state index is 11.3. The lowest BCUT2D eigenvalue weighted by Crippen LogP contribution is -2.36. The first kappa shape index (κ1) is 28.5. The monoisotopic (exact) mass is 620 g/mol. The van der Waals surface area contributed by atoms with Crippen molar-refractivity contribution in [2.75, 3.05) is 23.0 Å². The van der Waals surface area contributed by atoms with Crippen molar-refractivity contribution in [2.45, 2.75) is 19.4 Å². The van der Waals surface area contributed by atoms with Crippen LogP contribution >= 0.6 is 22.9 Å². The van der Waals surface area contributed by atoms with Gasteiger partial charge in [-0.05, 0) is 41.8 Å². The molecule has 0 saturated carbocycles. The van der Waals surface area contributed by atoms with Gasteiger partial charge in [0.15, 0.2) is 12.3 Å². The Morgan fingerprint density at radius 1 is 0.975 bits per heavy atom. The summed E-state index contributed by atoms with van der Waals surface area (Å²) in [5, 5.41) is 1.26. The molecule has 0 atom stereocenters. The maximum atomic E-state index is 11.3. The van der Waals surface area contributed by atoms with Gasteiger partial charge < -0.3 is 14.2 Å². The van der Waals surface area contributed by atoms with Crippen molar-refractivity contribution >= 4 is 65.2 Å². The molecule has 40 heavy (non-hydrogen) atoms. The van der Waals surface area contributed by atoms with Gasteiger partial charge in [-0.2, -0.15) is 13.0 Å². The summed E-state index contributed by atoms with van der Waals surface area (Å²) in [4.78, 5) is 1.84. The summed E-state index contributed by atoms with van der Waals surface area (Å²) in [6.07, 6.45) is 2.07. The van der Waals surface area contributed by atoms with Crippen LogP contribution in [0.4, 0.5) is 5.69 Å². The number of ether oxygens (including phenoxy) is 1. The third-order valence-electron chi connectivity index (χ3n) is 6.34. The van der Waals surface area contributed by atoms with E-state index in [2.05, 4.69) is 0 Å². The molecule has 0 bridgehead atoms. The van der Waals surface area contributed by atoms with Crippen molar-refractivity contribution in [3.63, 3.8) is 0 Å². The number of nitrogens with zero attached hydrogens (tertiary/aromatic N) is 2. The van der Waals surface area contributed by atoms with Gasteiger partial charge in [0, 0.05) is 29.8 Å². The van der Waals surface area contributed by atoms with Crippen LogP contribution in [0.3, 0.4) is 0 Å². The third-order valence-corrected chi connectivity index (χ3v) is 9.28. The van der Waals surface area contributed by atoms with E-state index in [0.29, 0.717) is 23.2 Å². The van der Waals surface area contributed by atoms with E-state index in [1.54, 1.807) is 18.2 Å². The van der Waals surface area contributed by atoms with Gasteiger partial charge in [0.2, 0.25) is 11.4 Å². The van der Waals surface area contributed by atoms with E-state index in [1.165, 1.54) is 11.3 Å². The summed E-state index contributed by atoms with van der Waals surface area (Å²) in [7, 11) is -8.52. The molecule has 0 aliphatic carbocycles. The Kier molecular flexibility index (Phi) is 8.18. The maximum Gasteiger partial charge on any atom is 0.268 e. The Balaban J connectivity index is 1.55. The molecule has 0 amide bonds. The van der Waals surface area contributed by atoms with E-state index in [-0.39, 0.29) is 19.4 Å². The van der Waals surface area contributed by atoms with Crippen LogP contribution in [-0.4, -0.2) is 44.0 Å². The standard InChI is InChI=1S/C27H25ClN2O7S3/c28-21-9-11-25-23(17-21)30(13-5-15-40(34,35)36)27(38-25)18-26-29(12-4-14-39(31,32)33)22-16-20(8-10-24(22)37-26)19-6-2-1-3-7-19/h1-3,6-11,16-18H,4-5,12-15H2,(H-,31,32,33,34,35,36). The number of fused-ring (bicyclic) bond motifs is 2. The fourth-order valence-electron chi connectivity index (χ4n) is 4.57. The van der Waals surface area contributed by atoms with Crippen LogP contribution in [0.5, 0.6) is 5.75 Å². The molecule has 1 aromatic heterocycles. The van der Waals surface area contributed by atoms with Crippen molar-refractivity contribution in [3.8, 4) is 16.9 Å². The number of thiazole rings is 1. The lowest BCUT2D eigenvalue weighted by atomic mass is 10.0. The molecule has 0 spiro atoms. The molecule has 1 aliphatic rings. The predicted molar refractivity (Wildman–Crippen MR) is 155 cm³/mol. The highest BCUT2D eigenvalue weighted by atomic mass is 35.5. The van der Waals surface area contributed by atoms with Gasteiger partial charge in [-0.25, -0.2) is 8.42 Å². The van der Waals surface area contributed by atoms with E-state index in [1.807, 2.05) is 64.1 Å². The lowest BCUT2D eigenvalue weighted by Gasteiger charge is -2.19. The SMILES string of the molecule is O=S(=O)([O-])CCCN1/C(=C\c2sc3ccc(Cl)cc3[n+]2CCCS(=O)(=O)O)Oc2ccc(-c3ccccc3)cc21. The number of rotatable bonds is 10. The van der Waals surface area contributed by atoms with Crippen molar-refractivity contribution in [2.24, 2.45) is 0 Å². The van der Waals surface area contributed by atoms with Crippen LogP contribution in [0.25, 0.3) is 27.4 Å². The van der Waals surface area contributed by atoms with E-state index < -0.39 is 31.7 Å². The minimum Gasteiger partial charge on any atom is -0.748 e. The highest BCUT2D eigenvalue weighted by Crippen LogP contribution is 2.42. The molecule has 1 N–H and O–H groups in total. The van der Waals surface area contributed by atoms with Gasteiger partial charge in [-0.1, -0.05) is 59.3 Å². The summed E-state index contributed by atoms with van der Waals surface area (Å²) in [5.74, 6) is 0.109. The summed E-state index contributed by atoms with van der Waals surface area (Å²) in [6, 6.07) is 21.0. The predicted octanol–water partition coefficient (Wildman–Crippen LogP) is 4.92. The Labute approximate surface area is 241 Å². The number of halogens is 1. The largest absolute Gasteiger partial charge is 0.748 e. The number of aromatic nitrogens is 1. The fourth-order valence-corrected chi connectivity index (χ4v) is 6.81. The van der Waals surface area contributed by atoms with Crippen LogP contribution in [0.1, 0.15) is 17.8 Å². The van der Waals surface area contributed by atoms with Gasteiger partial charge in [-0.15, -0.1) is 0 Å². The third kappa shape index (κ3) is 6.82. The summed E-state index contributed by atoms with van der Waals surface area (Å²) < 4.78 is 74.9. The quantitative estimate of drug-likeness (QED) is 0.195. The lowest BCUT2D eigenvalue weighted by molar-refractivity contribution is -0.668. The first-order chi connectivity index (χ1) is 19.0. The number of hydrogen-bond donors (Lipinski definition) is 1. The highest BCUT2D eigenvalue weighted by Gasteiger charge is 2.29. The van der Waals surface area contributed by atoms with Crippen LogP contribution in [0.15, 0.2) is 72.6 Å². The minimum absolute atomic E-state index is 0.0952. The van der Waals surface area contributed by atoms with Crippen molar-refractivity contribution in [1.82, 2.24) is 0 Å². The molecule has 2 heterocycles. The molecule has 1 aliphatic heterocycles. The normalized spacial score (nSPS) is 14.6. The summed E-state index contributed by atoms with van der Waals surface area (Å²) >= 11 is 7.70. The highest BCUT2D eigenvalue weighted by molar-refractivity contribution is 7.85. The van der Waals surface area contributed by atoms with Gasteiger partial charge in [0.1, 0.15) is 4.70 Å². The molecular weight excluding hydrogens is 596 g/mol. The van der Waals surface area contributed by atoms with E-state index in [9.17, 15) is 25.9 Å². The van der Waals surface area contributed by atoms with Crippen molar-refractivity contribution in [1.29, 1.82) is 0 Å². The van der Waals surface area contributed by atoms with E-state index in [4.69, 9.17) is 16.3 Å². The van der Waals surface area contributed by atoms with Crippen molar-refractivity contribution < 1.29 is 35.2 Å². The van der Waals surface area contributed by atoms with Gasteiger partial charge in [0.05, 0.1) is 27.6 Å². The second-order valence-corrected chi connectivity index (χ2v) is 13.8. The summed E-state index contributed by atoms with van der Waals surface area (Å²) in [5.41, 5.74) is 3.48. The van der Waals surface area contributed by atoms with E-state index in [0.717, 1.165) is 32.0 Å².